The molecule has 416 valence electrons. The minimum atomic E-state index is -2.81. The zero-order valence-electron chi connectivity index (χ0n) is 43.2. The Balaban J connectivity index is 1.24. The highest BCUT2D eigenvalue weighted by Crippen LogP contribution is 2.50. The summed E-state index contributed by atoms with van der Waals surface area (Å²) in [6, 6.07) is -0.787. The van der Waals surface area contributed by atoms with E-state index in [-0.39, 0.29) is 66.0 Å². The van der Waals surface area contributed by atoms with Crippen LogP contribution in [0.25, 0.3) is 0 Å². The molecule has 0 aromatic heterocycles. The molecule has 4 saturated carbocycles. The fourth-order valence-corrected chi connectivity index (χ4v) is 16.2. The fraction of sp³-hybridized carbons (Fsp3) is 1.00. The van der Waals surface area contributed by atoms with E-state index in [0.717, 1.165) is 0 Å². The SMILES string of the molecule is CCNC1CC2C3NC(NC4C5C(NCC)C(NCC)C(NCC)C(NCC)C5C(NC5NC(NC6NC(N3)C3C(F)C(F)C(F)C(F)C63)C3C(F)C(F)C(F)C(F)C53)N4NCC)C2C(NCC)C1NCC. The Kier molecular flexibility index (Phi) is 18.1. The molecule has 0 aromatic carbocycles. The van der Waals surface area contributed by atoms with E-state index >= 15 is 35.1 Å². The molecule has 31 atom stereocenters. The Morgan fingerprint density at radius 2 is 0.625 bits per heavy atom. The van der Waals surface area contributed by atoms with Crippen LogP contribution in [0.3, 0.4) is 0 Å². The van der Waals surface area contributed by atoms with E-state index in [2.05, 4.69) is 133 Å². The van der Waals surface area contributed by atoms with Gasteiger partial charge in [-0.2, -0.15) is 0 Å². The van der Waals surface area contributed by atoms with Gasteiger partial charge in [0.25, 0.3) is 0 Å². The number of hydrazine groups is 1. The number of rotatable bonds is 16. The second-order valence-corrected chi connectivity index (χ2v) is 22.0. The van der Waals surface area contributed by atoms with Gasteiger partial charge in [0.05, 0.1) is 49.3 Å². The van der Waals surface area contributed by atoms with Gasteiger partial charge in [-0.15, -0.1) is 0 Å². The maximum atomic E-state index is 16.9. The molecule has 9 rings (SSSR count). The van der Waals surface area contributed by atoms with Crippen LogP contribution in [0.1, 0.15) is 61.8 Å². The molecule has 0 amide bonds. The quantitative estimate of drug-likeness (QED) is 0.0893. The summed E-state index contributed by atoms with van der Waals surface area (Å²) < 4.78 is 130. The summed E-state index contributed by atoms with van der Waals surface area (Å²) >= 11 is 0. The molecule has 8 bridgehead atoms. The van der Waals surface area contributed by atoms with Gasteiger partial charge in [-0.1, -0.05) is 55.4 Å². The largest absolute Gasteiger partial charge is 0.313 e. The Bertz CT molecular complexity index is 1750. The Morgan fingerprint density at radius 1 is 0.319 bits per heavy atom. The molecule has 24 heteroatoms. The lowest BCUT2D eigenvalue weighted by Crippen LogP contribution is -2.75. The molecule has 5 heterocycles. The smallest absolute Gasteiger partial charge is 0.165 e. The first-order chi connectivity index (χ1) is 34.7. The number of alkyl halides is 8. The normalized spacial score (nSPS) is 53.2. The molecular weight excluding hydrogens is 953 g/mol. The highest BCUT2D eigenvalue weighted by Gasteiger charge is 2.68. The van der Waals surface area contributed by atoms with E-state index in [1.807, 2.05) is 6.92 Å². The first-order valence-electron chi connectivity index (χ1n) is 27.8. The van der Waals surface area contributed by atoms with Crippen molar-refractivity contribution in [2.45, 2.75) is 203 Å². The first-order valence-corrected chi connectivity index (χ1v) is 27.8. The van der Waals surface area contributed by atoms with Crippen LogP contribution in [-0.2, 0) is 0 Å². The molecule has 9 aliphatic rings. The van der Waals surface area contributed by atoms with Crippen LogP contribution in [0, 0.1) is 47.3 Å². The Labute approximate surface area is 421 Å². The van der Waals surface area contributed by atoms with Crippen LogP contribution in [0.2, 0.25) is 0 Å². The zero-order valence-corrected chi connectivity index (χ0v) is 43.2. The lowest BCUT2D eigenvalue weighted by molar-refractivity contribution is -0.0880. The molecule has 5 aliphatic heterocycles. The molecule has 5 saturated heterocycles. The van der Waals surface area contributed by atoms with Crippen molar-refractivity contribution < 1.29 is 35.1 Å². The summed E-state index contributed by atoms with van der Waals surface area (Å²) in [5.74, 6) is -6.82. The van der Waals surface area contributed by atoms with E-state index < -0.39 is 122 Å². The average molecular weight is 1040 g/mol. The maximum Gasteiger partial charge on any atom is 0.165 e. The van der Waals surface area contributed by atoms with Gasteiger partial charge in [0.15, 0.2) is 24.7 Å². The highest BCUT2D eigenvalue weighted by atomic mass is 19.2. The molecule has 72 heavy (non-hydrogen) atoms. The van der Waals surface area contributed by atoms with Gasteiger partial charge in [-0.05, 0) is 58.2 Å². The van der Waals surface area contributed by atoms with Gasteiger partial charge in [0.1, 0.15) is 24.7 Å². The molecule has 31 unspecified atom stereocenters. The lowest BCUT2D eigenvalue weighted by atomic mass is 9.66. The Morgan fingerprint density at radius 3 is 0.986 bits per heavy atom. The predicted molar refractivity (Wildman–Crippen MR) is 262 cm³/mol. The lowest BCUT2D eigenvalue weighted by Gasteiger charge is -2.53. The molecule has 16 nitrogen and oxygen atoms in total. The van der Waals surface area contributed by atoms with Crippen LogP contribution < -0.4 is 79.9 Å². The first kappa shape index (κ1) is 55.6. The van der Waals surface area contributed by atoms with E-state index in [1.165, 1.54) is 0 Å². The molecule has 0 radical (unpaired) electrons. The third-order valence-electron chi connectivity index (χ3n) is 18.5. The van der Waals surface area contributed by atoms with Crippen molar-refractivity contribution >= 4 is 0 Å². The van der Waals surface area contributed by atoms with Gasteiger partial charge in [0.2, 0.25) is 0 Å². The number of likely N-dealkylation sites (N-methyl/N-ethyl adjacent to an activating group) is 7. The monoisotopic (exact) mass is 1040 g/mol. The number of nitrogens with one attached hydrogen (secondary N) is 15. The van der Waals surface area contributed by atoms with Gasteiger partial charge in [0, 0.05) is 90.3 Å². The summed E-state index contributed by atoms with van der Waals surface area (Å²) in [4.78, 5) is 0. The standard InChI is InChI=1S/C48H88F8N16/c1-9-57-19-17-18-20(36(59-11-3)35(19)58-10-2)42-65-41(18)66-43-21-22(28(50)32(54)31(53)27(21)49)44(67-43)68-45-23-24(30(52)34(56)33(55)29(23)51)46(69-45)71-48-26-25(47(70-42)72(48)64-16-8)37(60-12-4)39(62-14-6)40(63-15-7)38(26)61-13-5/h18-48,57-71H,9-17H2,1-8H3. The van der Waals surface area contributed by atoms with Gasteiger partial charge in [-0.25, -0.2) is 40.1 Å². The van der Waals surface area contributed by atoms with Crippen molar-refractivity contribution in [2.24, 2.45) is 47.3 Å². The fourth-order valence-electron chi connectivity index (χ4n) is 16.2. The molecule has 0 spiro atoms. The van der Waals surface area contributed by atoms with E-state index in [1.54, 1.807) is 0 Å². The summed E-state index contributed by atoms with van der Waals surface area (Å²) in [7, 11) is 0. The topological polar surface area (TPSA) is 184 Å². The van der Waals surface area contributed by atoms with Crippen molar-refractivity contribution in [3.05, 3.63) is 0 Å². The van der Waals surface area contributed by atoms with Crippen molar-refractivity contribution in [1.29, 1.82) is 0 Å². The van der Waals surface area contributed by atoms with Crippen LogP contribution in [0.4, 0.5) is 35.1 Å². The number of hydrogen-bond acceptors (Lipinski definition) is 16. The third kappa shape index (κ3) is 9.46. The van der Waals surface area contributed by atoms with Crippen LogP contribution >= 0.6 is 0 Å². The van der Waals surface area contributed by atoms with Gasteiger partial charge < -0.3 is 37.2 Å². The van der Waals surface area contributed by atoms with E-state index in [4.69, 9.17) is 0 Å². The Hall–Kier alpha value is -1.20. The number of fused-ring (bicyclic) bond motifs is 20. The summed E-state index contributed by atoms with van der Waals surface area (Å²) in [5.41, 5.74) is 3.71. The number of hydrogen-bond donors (Lipinski definition) is 15. The minimum absolute atomic E-state index is 0.00975. The zero-order chi connectivity index (χ0) is 51.4. The molecule has 15 N–H and O–H groups in total. The predicted octanol–water partition coefficient (Wildman–Crippen LogP) is -0.458. The summed E-state index contributed by atoms with van der Waals surface area (Å²) in [6.07, 6.45) is -27.6. The molecular formula is C48H88F8N16. The number of nitrogens with zero attached hydrogens (tertiary/aromatic N) is 1. The third-order valence-corrected chi connectivity index (χ3v) is 18.5. The average Bonchev–Trinajstić information content (AvgIpc) is 4.09. The van der Waals surface area contributed by atoms with Crippen molar-refractivity contribution in [1.82, 2.24) is 84.9 Å². The van der Waals surface area contributed by atoms with Gasteiger partial charge >= 0.3 is 0 Å². The van der Waals surface area contributed by atoms with Crippen LogP contribution in [-0.4, -0.2) is 198 Å². The van der Waals surface area contributed by atoms with Crippen LogP contribution in [0.15, 0.2) is 0 Å². The summed E-state index contributed by atoms with van der Waals surface area (Å²) in [6.45, 7) is 21.7. The molecule has 9 fully saturated rings. The van der Waals surface area contributed by atoms with E-state index in [9.17, 15) is 0 Å². The van der Waals surface area contributed by atoms with E-state index in [0.29, 0.717) is 58.8 Å². The summed E-state index contributed by atoms with van der Waals surface area (Å²) in [5, 5.41) is 54.2. The number of halogens is 8. The molecule has 0 aromatic rings. The second kappa shape index (κ2) is 23.4. The van der Waals surface area contributed by atoms with Gasteiger partial charge in [-0.3, -0.25) is 42.6 Å². The van der Waals surface area contributed by atoms with Crippen molar-refractivity contribution in [2.75, 3.05) is 52.4 Å². The second-order valence-electron chi connectivity index (χ2n) is 22.0. The van der Waals surface area contributed by atoms with Crippen LogP contribution in [0.5, 0.6) is 0 Å². The van der Waals surface area contributed by atoms with Crippen molar-refractivity contribution in [3.8, 4) is 0 Å². The molecule has 4 aliphatic carbocycles. The highest BCUT2D eigenvalue weighted by molar-refractivity contribution is 5.21. The minimum Gasteiger partial charge on any atom is -0.313 e. The van der Waals surface area contributed by atoms with Crippen molar-refractivity contribution in [3.63, 3.8) is 0 Å². The maximum absolute atomic E-state index is 16.9.